The molecule has 21 heavy (non-hydrogen) atoms. The molecule has 1 fully saturated rings. The van der Waals surface area contributed by atoms with Gasteiger partial charge in [0.25, 0.3) is 0 Å². The number of rotatable bonds is 3. The summed E-state index contributed by atoms with van der Waals surface area (Å²) in [7, 11) is -1.54. The lowest BCUT2D eigenvalue weighted by Crippen LogP contribution is -2.42. The van der Waals surface area contributed by atoms with E-state index in [-0.39, 0.29) is 0 Å². The van der Waals surface area contributed by atoms with Crippen LogP contribution in [0.1, 0.15) is 43.7 Å². The molecule has 1 heterocycles. The van der Waals surface area contributed by atoms with Gasteiger partial charge in [0.05, 0.1) is 5.76 Å². The molecule has 2 aliphatic rings. The Morgan fingerprint density at radius 2 is 1.81 bits per heavy atom. The molecule has 3 rings (SSSR count). The quantitative estimate of drug-likeness (QED) is 0.812. The minimum Gasteiger partial charge on any atom is -0.547 e. The van der Waals surface area contributed by atoms with E-state index >= 15 is 0 Å². The van der Waals surface area contributed by atoms with Gasteiger partial charge in [0.15, 0.2) is 0 Å². The Morgan fingerprint density at radius 1 is 1.05 bits per heavy atom. The Labute approximate surface area is 129 Å². The Hall–Kier alpha value is -1.06. The van der Waals surface area contributed by atoms with Crippen molar-refractivity contribution in [2.75, 3.05) is 0 Å². The zero-order chi connectivity index (χ0) is 14.9. The normalized spacial score (nSPS) is 26.4. The zero-order valence-electron chi connectivity index (χ0n) is 13.5. The van der Waals surface area contributed by atoms with Crippen molar-refractivity contribution in [3.63, 3.8) is 0 Å². The van der Waals surface area contributed by atoms with Gasteiger partial charge in [-0.1, -0.05) is 36.8 Å². The first-order valence-electron chi connectivity index (χ1n) is 8.25. The second-order valence-electron chi connectivity index (χ2n) is 7.30. The molecule has 1 aromatic carbocycles. The topological polar surface area (TPSA) is 21.3 Å². The van der Waals surface area contributed by atoms with Crippen LogP contribution < -0.4 is 5.32 Å². The smallest absolute Gasteiger partial charge is 0.241 e. The molecule has 1 saturated carbocycles. The maximum atomic E-state index is 6.48. The van der Waals surface area contributed by atoms with Crippen LogP contribution in [-0.2, 0) is 4.43 Å². The molecule has 114 valence electrons. The van der Waals surface area contributed by atoms with E-state index in [0.29, 0.717) is 12.1 Å². The Kier molecular flexibility index (Phi) is 4.23. The van der Waals surface area contributed by atoms with Gasteiger partial charge in [0.1, 0.15) is 0 Å². The lowest BCUT2D eigenvalue weighted by molar-refractivity contribution is 0.290. The van der Waals surface area contributed by atoms with E-state index in [4.69, 9.17) is 4.43 Å². The average Bonchev–Trinajstić information content (AvgIpc) is 2.46. The van der Waals surface area contributed by atoms with Crippen molar-refractivity contribution in [1.29, 1.82) is 0 Å². The van der Waals surface area contributed by atoms with Gasteiger partial charge in [0, 0.05) is 18.5 Å². The van der Waals surface area contributed by atoms with Crippen LogP contribution in [0.25, 0.3) is 0 Å². The highest BCUT2D eigenvalue weighted by atomic mass is 28.4. The van der Waals surface area contributed by atoms with Crippen LogP contribution >= 0.6 is 0 Å². The fraction of sp³-hybridized carbons (Fsp3) is 0.556. The van der Waals surface area contributed by atoms with Crippen molar-refractivity contribution >= 4 is 8.32 Å². The standard InChI is InChI=1S/C18H27NOSi/c1-21(2,3)20-18-13-17(14-9-5-4-6-10-14)19-16-12-8-7-11-15(16)18/h4-6,9-10,16-17,19H,7-8,11-13H2,1-3H3/t16-,17+/m0/s1. The predicted molar refractivity (Wildman–Crippen MR) is 90.6 cm³/mol. The largest absolute Gasteiger partial charge is 0.547 e. The van der Waals surface area contributed by atoms with E-state index in [1.807, 2.05) is 0 Å². The first-order valence-corrected chi connectivity index (χ1v) is 11.7. The van der Waals surface area contributed by atoms with Crippen LogP contribution in [0.5, 0.6) is 0 Å². The van der Waals surface area contributed by atoms with Crippen molar-refractivity contribution in [2.45, 2.75) is 63.8 Å². The molecule has 0 aromatic heterocycles. The van der Waals surface area contributed by atoms with Crippen LogP contribution in [0.2, 0.25) is 19.6 Å². The van der Waals surface area contributed by atoms with Crippen molar-refractivity contribution in [2.24, 2.45) is 0 Å². The van der Waals surface area contributed by atoms with Crippen LogP contribution in [0, 0.1) is 0 Å². The molecule has 0 saturated heterocycles. The second kappa shape index (κ2) is 5.97. The third-order valence-corrected chi connectivity index (χ3v) is 5.25. The average molecular weight is 302 g/mol. The molecular formula is C18H27NOSi. The van der Waals surface area contributed by atoms with E-state index in [9.17, 15) is 0 Å². The number of fused-ring (bicyclic) bond motifs is 1. The summed E-state index contributed by atoms with van der Waals surface area (Å²) >= 11 is 0. The first-order chi connectivity index (χ1) is 10.0. The number of benzene rings is 1. The molecule has 0 unspecified atom stereocenters. The Morgan fingerprint density at radius 3 is 2.52 bits per heavy atom. The minimum atomic E-state index is -1.54. The molecule has 3 heteroatoms. The van der Waals surface area contributed by atoms with Crippen molar-refractivity contribution in [1.82, 2.24) is 5.32 Å². The second-order valence-corrected chi connectivity index (χ2v) is 11.7. The van der Waals surface area contributed by atoms with Gasteiger partial charge in [-0.25, -0.2) is 0 Å². The summed E-state index contributed by atoms with van der Waals surface area (Å²) in [6.07, 6.45) is 6.15. The lowest BCUT2D eigenvalue weighted by Gasteiger charge is -2.39. The Balaban J connectivity index is 1.88. The fourth-order valence-electron chi connectivity index (χ4n) is 3.52. The van der Waals surface area contributed by atoms with Crippen molar-refractivity contribution in [3.05, 3.63) is 47.2 Å². The first kappa shape index (κ1) is 14.9. The molecule has 1 N–H and O–H groups in total. The minimum absolute atomic E-state index is 0.407. The van der Waals surface area contributed by atoms with Gasteiger partial charge >= 0.3 is 0 Å². The number of hydrogen-bond donors (Lipinski definition) is 1. The van der Waals surface area contributed by atoms with Gasteiger partial charge in [-0.05, 0) is 50.0 Å². The third kappa shape index (κ3) is 3.58. The van der Waals surface area contributed by atoms with Gasteiger partial charge in [-0.2, -0.15) is 0 Å². The maximum Gasteiger partial charge on any atom is 0.241 e. The lowest BCUT2D eigenvalue weighted by atomic mass is 9.83. The zero-order valence-corrected chi connectivity index (χ0v) is 14.5. The van der Waals surface area contributed by atoms with Crippen LogP contribution in [0.3, 0.4) is 0 Å². The van der Waals surface area contributed by atoms with Crippen molar-refractivity contribution < 1.29 is 4.43 Å². The molecule has 0 spiro atoms. The van der Waals surface area contributed by atoms with Gasteiger partial charge in [-0.15, -0.1) is 0 Å². The van der Waals surface area contributed by atoms with Crippen LogP contribution in [0.15, 0.2) is 41.7 Å². The number of hydrogen-bond acceptors (Lipinski definition) is 2. The molecule has 2 nitrogen and oxygen atoms in total. The van der Waals surface area contributed by atoms with Gasteiger partial charge in [0.2, 0.25) is 8.32 Å². The van der Waals surface area contributed by atoms with Gasteiger partial charge in [-0.3, -0.25) is 0 Å². The molecular weight excluding hydrogens is 274 g/mol. The highest BCUT2D eigenvalue weighted by Crippen LogP contribution is 2.38. The predicted octanol–water partition coefficient (Wildman–Crippen LogP) is 4.77. The highest BCUT2D eigenvalue weighted by molar-refractivity contribution is 6.70. The number of nitrogens with one attached hydrogen (secondary N) is 1. The molecule has 0 radical (unpaired) electrons. The van der Waals surface area contributed by atoms with Crippen molar-refractivity contribution in [3.8, 4) is 0 Å². The van der Waals surface area contributed by atoms with E-state index in [2.05, 4.69) is 55.3 Å². The maximum absolute atomic E-state index is 6.48. The summed E-state index contributed by atoms with van der Waals surface area (Å²) in [6.45, 7) is 6.87. The molecule has 0 bridgehead atoms. The Bertz CT molecular complexity index is 518. The molecule has 2 atom stereocenters. The van der Waals surface area contributed by atoms with Crippen LogP contribution in [-0.4, -0.2) is 14.4 Å². The van der Waals surface area contributed by atoms with Gasteiger partial charge < -0.3 is 9.74 Å². The third-order valence-electron chi connectivity index (χ3n) is 4.39. The van der Waals surface area contributed by atoms with E-state index < -0.39 is 8.32 Å². The van der Waals surface area contributed by atoms with E-state index in [1.54, 1.807) is 5.57 Å². The highest BCUT2D eigenvalue weighted by Gasteiger charge is 2.33. The summed E-state index contributed by atoms with van der Waals surface area (Å²) in [5.41, 5.74) is 2.95. The summed E-state index contributed by atoms with van der Waals surface area (Å²) in [5, 5.41) is 3.86. The fourth-order valence-corrected chi connectivity index (χ4v) is 4.48. The molecule has 1 aromatic rings. The van der Waals surface area contributed by atoms with Crippen LogP contribution in [0.4, 0.5) is 0 Å². The summed E-state index contributed by atoms with van der Waals surface area (Å²) in [6, 6.07) is 11.8. The molecule has 0 amide bonds. The van der Waals surface area contributed by atoms with E-state index in [0.717, 1.165) is 6.42 Å². The summed E-state index contributed by atoms with van der Waals surface area (Å²) < 4.78 is 6.48. The molecule has 1 aliphatic heterocycles. The SMILES string of the molecule is C[Si](C)(C)OC1=C2CCCC[C@@H]2N[C@@H](c2ccccc2)C1. The van der Waals surface area contributed by atoms with E-state index in [1.165, 1.54) is 37.0 Å². The summed E-state index contributed by atoms with van der Waals surface area (Å²) in [5.74, 6) is 1.31. The summed E-state index contributed by atoms with van der Waals surface area (Å²) in [4.78, 5) is 0. The molecule has 1 aliphatic carbocycles. The monoisotopic (exact) mass is 301 g/mol.